The van der Waals surface area contributed by atoms with Gasteiger partial charge >= 0.3 is 0 Å². The largest absolute Gasteiger partial charge is 0.383 e. The maximum atomic E-state index is 13.1. The Morgan fingerprint density at radius 1 is 1.14 bits per heavy atom. The first-order valence-electron chi connectivity index (χ1n) is 7.99. The molecule has 0 spiro atoms. The summed E-state index contributed by atoms with van der Waals surface area (Å²) in [4.78, 5) is 28.5. The first-order chi connectivity index (χ1) is 13.4. The number of halogens is 1. The van der Waals surface area contributed by atoms with Crippen molar-refractivity contribution >= 4 is 28.9 Å². The second kappa shape index (κ2) is 7.38. The van der Waals surface area contributed by atoms with Crippen molar-refractivity contribution in [3.63, 3.8) is 0 Å². The lowest BCUT2D eigenvalue weighted by molar-refractivity contribution is 0.100. The van der Waals surface area contributed by atoms with Crippen molar-refractivity contribution in [2.24, 2.45) is 5.73 Å². The molecule has 5 N–H and O–H groups in total. The first-order valence-corrected chi connectivity index (χ1v) is 7.99. The highest BCUT2D eigenvalue weighted by atomic mass is 19.1. The van der Waals surface area contributed by atoms with Crippen LogP contribution in [0, 0.1) is 5.82 Å². The van der Waals surface area contributed by atoms with Gasteiger partial charge in [0.1, 0.15) is 28.7 Å². The number of amides is 1. The number of carbonyl (C=O) groups excluding carboxylic acids is 1. The quantitative estimate of drug-likeness (QED) is 0.473. The van der Waals surface area contributed by atoms with Crippen LogP contribution in [0.15, 0.2) is 53.6 Å². The van der Waals surface area contributed by atoms with Crippen molar-refractivity contribution < 1.29 is 9.18 Å². The Bertz CT molecular complexity index is 1260. The van der Waals surface area contributed by atoms with Crippen LogP contribution in [-0.4, -0.2) is 30.3 Å². The maximum Gasteiger partial charge on any atom is 0.295 e. The lowest BCUT2D eigenvalue weighted by Gasteiger charge is -2.10. The number of nitrogens with zero attached hydrogens (tertiary/aromatic N) is 5. The van der Waals surface area contributed by atoms with E-state index in [2.05, 4.69) is 20.5 Å². The van der Waals surface area contributed by atoms with E-state index < -0.39 is 17.3 Å². The third-order valence-electron chi connectivity index (χ3n) is 3.94. The summed E-state index contributed by atoms with van der Waals surface area (Å²) in [6, 6.07) is 8.22. The number of rotatable bonds is 4. The number of nitrogens with one attached hydrogen (secondary N) is 1. The van der Waals surface area contributed by atoms with Crippen LogP contribution in [0.5, 0.6) is 0 Å². The summed E-state index contributed by atoms with van der Waals surface area (Å²) in [5.74, 6) is -0.735. The van der Waals surface area contributed by atoms with Gasteiger partial charge < -0.3 is 16.8 Å². The zero-order valence-corrected chi connectivity index (χ0v) is 14.2. The standard InChI is InChI=1S/C17H13FN8O2.CH4/c18-9-1-3-10(4-2-9)25-17(28)12(5-6-21-25)23-14-7-13(19)26-16(24-14)11(8-22-26)15(20)27;/h1-8H,19H2,(H2,20,27)(H,23,24);1H4. The highest BCUT2D eigenvalue weighted by Crippen LogP contribution is 2.19. The van der Waals surface area contributed by atoms with Crippen LogP contribution in [0.1, 0.15) is 17.8 Å². The number of anilines is 3. The first kappa shape index (κ1) is 19.5. The fourth-order valence-corrected chi connectivity index (χ4v) is 2.64. The van der Waals surface area contributed by atoms with Crippen LogP contribution in [0.25, 0.3) is 11.3 Å². The number of nitrogen functional groups attached to an aromatic ring is 1. The van der Waals surface area contributed by atoms with Gasteiger partial charge in [-0.05, 0) is 30.3 Å². The van der Waals surface area contributed by atoms with Crippen LogP contribution in [0.2, 0.25) is 0 Å². The molecule has 0 aliphatic carbocycles. The van der Waals surface area contributed by atoms with Crippen molar-refractivity contribution in [1.82, 2.24) is 24.4 Å². The minimum Gasteiger partial charge on any atom is -0.383 e. The molecule has 0 bridgehead atoms. The third-order valence-corrected chi connectivity index (χ3v) is 3.94. The smallest absolute Gasteiger partial charge is 0.295 e. The lowest BCUT2D eigenvalue weighted by atomic mass is 10.3. The molecule has 4 aromatic rings. The molecule has 0 unspecified atom stereocenters. The molecule has 0 atom stereocenters. The average Bonchev–Trinajstić information content (AvgIpc) is 3.09. The molecule has 1 amide bonds. The molecule has 29 heavy (non-hydrogen) atoms. The van der Waals surface area contributed by atoms with Crippen molar-refractivity contribution in [3.05, 3.63) is 70.5 Å². The second-order valence-corrected chi connectivity index (χ2v) is 5.79. The van der Waals surface area contributed by atoms with E-state index in [4.69, 9.17) is 11.5 Å². The molecule has 0 radical (unpaired) electrons. The van der Waals surface area contributed by atoms with Crippen LogP contribution < -0.4 is 22.3 Å². The fourth-order valence-electron chi connectivity index (χ4n) is 2.64. The second-order valence-electron chi connectivity index (χ2n) is 5.79. The number of fused-ring (bicyclic) bond motifs is 1. The van der Waals surface area contributed by atoms with E-state index in [1.165, 1.54) is 53.3 Å². The molecule has 0 aliphatic heterocycles. The van der Waals surface area contributed by atoms with Gasteiger partial charge in [-0.25, -0.2) is 9.37 Å². The zero-order chi connectivity index (χ0) is 19.8. The summed E-state index contributed by atoms with van der Waals surface area (Å²) in [6.45, 7) is 0. The Labute approximate surface area is 163 Å². The summed E-state index contributed by atoms with van der Waals surface area (Å²) in [7, 11) is 0. The number of hydrogen-bond acceptors (Lipinski definition) is 7. The van der Waals surface area contributed by atoms with Crippen LogP contribution >= 0.6 is 0 Å². The van der Waals surface area contributed by atoms with E-state index in [1.54, 1.807) is 0 Å². The molecule has 10 nitrogen and oxygen atoms in total. The normalized spacial score (nSPS) is 10.5. The molecule has 3 aromatic heterocycles. The highest BCUT2D eigenvalue weighted by Gasteiger charge is 2.15. The van der Waals surface area contributed by atoms with Gasteiger partial charge in [0.05, 0.1) is 18.1 Å². The number of hydrogen-bond donors (Lipinski definition) is 3. The van der Waals surface area contributed by atoms with Gasteiger partial charge in [0, 0.05) is 6.07 Å². The zero-order valence-electron chi connectivity index (χ0n) is 14.2. The van der Waals surface area contributed by atoms with E-state index in [0.29, 0.717) is 5.69 Å². The number of benzene rings is 1. The minimum absolute atomic E-state index is 0. The molecule has 1 aromatic carbocycles. The maximum absolute atomic E-state index is 13.1. The number of aromatic nitrogens is 5. The Morgan fingerprint density at radius 2 is 1.86 bits per heavy atom. The van der Waals surface area contributed by atoms with Crippen molar-refractivity contribution in [2.45, 2.75) is 7.43 Å². The summed E-state index contributed by atoms with van der Waals surface area (Å²) in [5.41, 5.74) is 11.5. The summed E-state index contributed by atoms with van der Waals surface area (Å²) in [5, 5.41) is 10.8. The number of primary amides is 1. The molecule has 3 heterocycles. The Balaban J connectivity index is 0.00000240. The van der Waals surface area contributed by atoms with E-state index in [9.17, 15) is 14.0 Å². The summed E-state index contributed by atoms with van der Waals surface area (Å²) >= 11 is 0. The molecule has 0 saturated heterocycles. The van der Waals surface area contributed by atoms with E-state index in [-0.39, 0.29) is 36.0 Å². The lowest BCUT2D eigenvalue weighted by Crippen LogP contribution is -2.23. The highest BCUT2D eigenvalue weighted by molar-refractivity contribution is 5.98. The molecule has 0 aliphatic rings. The SMILES string of the molecule is C.NC(=O)c1cnn2c(N)cc(Nc3ccnn(-c4ccc(F)cc4)c3=O)nc12. The molecule has 0 saturated carbocycles. The Morgan fingerprint density at radius 3 is 2.55 bits per heavy atom. The van der Waals surface area contributed by atoms with Gasteiger partial charge in [-0.2, -0.15) is 19.4 Å². The molecule has 0 fully saturated rings. The Hall–Kier alpha value is -4.28. The predicted octanol–water partition coefficient (Wildman–Crippen LogP) is 1.48. The molecule has 4 rings (SSSR count). The van der Waals surface area contributed by atoms with Gasteiger partial charge in [0.25, 0.3) is 11.5 Å². The van der Waals surface area contributed by atoms with Gasteiger partial charge in [-0.15, -0.1) is 0 Å². The van der Waals surface area contributed by atoms with Crippen LogP contribution in [-0.2, 0) is 0 Å². The van der Waals surface area contributed by atoms with E-state index in [1.807, 2.05) is 0 Å². The van der Waals surface area contributed by atoms with Gasteiger partial charge in [-0.1, -0.05) is 7.43 Å². The summed E-state index contributed by atoms with van der Waals surface area (Å²) < 4.78 is 15.5. The average molecular weight is 396 g/mol. The summed E-state index contributed by atoms with van der Waals surface area (Å²) in [6.07, 6.45) is 2.67. The molecular weight excluding hydrogens is 379 g/mol. The van der Waals surface area contributed by atoms with Crippen molar-refractivity contribution in [2.75, 3.05) is 11.1 Å². The molecule has 148 valence electrons. The van der Waals surface area contributed by atoms with E-state index in [0.717, 1.165) is 4.68 Å². The third kappa shape index (κ3) is 3.48. The molecule has 11 heteroatoms. The number of nitrogens with two attached hydrogens (primary N) is 2. The Kier molecular flexibility index (Phi) is 4.96. The van der Waals surface area contributed by atoms with Gasteiger partial charge in [-0.3, -0.25) is 9.59 Å². The van der Waals surface area contributed by atoms with Crippen LogP contribution in [0.4, 0.5) is 21.7 Å². The predicted molar refractivity (Wildman–Crippen MR) is 106 cm³/mol. The van der Waals surface area contributed by atoms with Crippen LogP contribution in [0.3, 0.4) is 0 Å². The van der Waals surface area contributed by atoms with Gasteiger partial charge in [0.2, 0.25) is 0 Å². The van der Waals surface area contributed by atoms with Gasteiger partial charge in [0.15, 0.2) is 5.65 Å². The molecular formula is C18H17FN8O2. The topological polar surface area (TPSA) is 146 Å². The minimum atomic E-state index is -0.707. The fraction of sp³-hybridized carbons (Fsp3) is 0.0556. The monoisotopic (exact) mass is 396 g/mol. The number of carbonyl (C=O) groups is 1. The van der Waals surface area contributed by atoms with Crippen molar-refractivity contribution in [3.8, 4) is 5.69 Å². The van der Waals surface area contributed by atoms with Crippen molar-refractivity contribution in [1.29, 1.82) is 0 Å². The van der Waals surface area contributed by atoms with E-state index >= 15 is 0 Å².